The van der Waals surface area contributed by atoms with Crippen LogP contribution in [0.25, 0.3) is 10.9 Å². The number of carboxylic acid groups (broad SMARTS) is 1. The van der Waals surface area contributed by atoms with Gasteiger partial charge >= 0.3 is 11.3 Å². The maximum Gasteiger partial charge on any atom is 0.341 e. The first-order valence-corrected chi connectivity index (χ1v) is 9.54. The highest BCUT2D eigenvalue weighted by molar-refractivity contribution is 6.63. The van der Waals surface area contributed by atoms with Crippen molar-refractivity contribution in [3.8, 4) is 0 Å². The number of aromatic carboxylic acids is 1. The Labute approximate surface area is 168 Å². The lowest BCUT2D eigenvalue weighted by Gasteiger charge is -2.23. The zero-order valence-corrected chi connectivity index (χ0v) is 16.1. The van der Waals surface area contributed by atoms with Crippen molar-refractivity contribution in [1.82, 2.24) is 9.88 Å². The summed E-state index contributed by atoms with van der Waals surface area (Å²) in [5.74, 6) is -2.07. The zero-order chi connectivity index (χ0) is 20.2. The highest BCUT2D eigenvalue weighted by Crippen LogP contribution is 2.42. The Morgan fingerprint density at radius 3 is 2.61 bits per heavy atom. The number of carboxylic acids is 1. The summed E-state index contributed by atoms with van der Waals surface area (Å²) in [6.07, 6.45) is 3.51. The average Bonchev–Trinajstić information content (AvgIpc) is 3.36. The van der Waals surface area contributed by atoms with E-state index < -0.39 is 28.1 Å². The Bertz CT molecular complexity index is 1070. The number of carbonyl (C=O) groups excluding carboxylic acids is 1. The molecule has 0 spiro atoms. The number of pyridine rings is 1. The van der Waals surface area contributed by atoms with Gasteiger partial charge in [0, 0.05) is 31.4 Å². The largest absolute Gasteiger partial charge is 0.477 e. The van der Waals surface area contributed by atoms with Gasteiger partial charge in [-0.3, -0.25) is 9.59 Å². The van der Waals surface area contributed by atoms with E-state index in [-0.39, 0.29) is 28.2 Å². The molecule has 2 aromatic rings. The maximum atomic E-state index is 14.9. The van der Waals surface area contributed by atoms with Crippen LogP contribution in [0.3, 0.4) is 0 Å². The lowest BCUT2D eigenvalue weighted by atomic mass is 10.1. The summed E-state index contributed by atoms with van der Waals surface area (Å²) in [7, 11) is 0. The van der Waals surface area contributed by atoms with E-state index >= 15 is 0 Å². The number of carbonyl (C=O) groups is 2. The second kappa shape index (κ2) is 6.93. The molecule has 1 aromatic carbocycles. The van der Waals surface area contributed by atoms with Gasteiger partial charge in [-0.05, 0) is 36.9 Å². The van der Waals surface area contributed by atoms with Gasteiger partial charge in [-0.25, -0.2) is 9.18 Å². The number of benzene rings is 1. The van der Waals surface area contributed by atoms with Crippen molar-refractivity contribution in [3.63, 3.8) is 0 Å². The molecule has 1 saturated heterocycles. The van der Waals surface area contributed by atoms with Crippen LogP contribution < -0.4 is 15.6 Å². The van der Waals surface area contributed by atoms with Crippen LogP contribution in [0, 0.1) is 5.82 Å². The number of nitrogens with zero attached hydrogens (tertiary/aromatic N) is 2. The van der Waals surface area contributed by atoms with Crippen LogP contribution in [0.5, 0.6) is 0 Å². The van der Waals surface area contributed by atoms with Crippen molar-refractivity contribution in [2.45, 2.75) is 31.3 Å². The fourth-order valence-corrected chi connectivity index (χ4v) is 4.32. The van der Waals surface area contributed by atoms with Crippen LogP contribution in [-0.2, 0) is 0 Å². The average molecular weight is 428 g/mol. The number of hydrogen-bond acceptors (Lipinski definition) is 4. The molecule has 28 heavy (non-hydrogen) atoms. The molecule has 10 heteroatoms. The lowest BCUT2D eigenvalue weighted by Crippen LogP contribution is -2.34. The molecule has 2 heterocycles. The summed E-state index contributed by atoms with van der Waals surface area (Å²) in [6, 6.07) is 0.840. The second-order valence-corrected chi connectivity index (χ2v) is 7.80. The number of rotatable bonds is 4. The van der Waals surface area contributed by atoms with E-state index in [2.05, 4.69) is 5.32 Å². The smallest absolute Gasteiger partial charge is 0.341 e. The van der Waals surface area contributed by atoms with Crippen molar-refractivity contribution in [2.75, 3.05) is 18.0 Å². The fraction of sp³-hybridized carbons (Fsp3) is 0.389. The normalized spacial score (nSPS) is 19.2. The predicted molar refractivity (Wildman–Crippen MR) is 103 cm³/mol. The molecule has 2 fully saturated rings. The van der Waals surface area contributed by atoms with Gasteiger partial charge in [0.1, 0.15) is 11.4 Å². The summed E-state index contributed by atoms with van der Waals surface area (Å²) >= 11 is 11.9. The van der Waals surface area contributed by atoms with Crippen LogP contribution >= 0.6 is 23.2 Å². The first-order chi connectivity index (χ1) is 13.3. The number of fused-ring (bicyclic) bond motifs is 1. The van der Waals surface area contributed by atoms with Crippen molar-refractivity contribution >= 4 is 51.1 Å². The van der Waals surface area contributed by atoms with Crippen LogP contribution in [0.4, 0.5) is 14.9 Å². The van der Waals surface area contributed by atoms with Crippen LogP contribution in [0.15, 0.2) is 17.1 Å². The fourth-order valence-electron chi connectivity index (χ4n) is 3.76. The minimum Gasteiger partial charge on any atom is -0.477 e. The van der Waals surface area contributed by atoms with Crippen molar-refractivity contribution in [1.29, 1.82) is 0 Å². The summed E-state index contributed by atoms with van der Waals surface area (Å²) in [6.45, 7) is 0.770. The zero-order valence-electron chi connectivity index (χ0n) is 14.5. The predicted octanol–water partition coefficient (Wildman–Crippen LogP) is 3.35. The molecular formula is C18H16Cl2FN3O4. The Balaban J connectivity index is 1.87. The molecule has 1 aliphatic carbocycles. The molecule has 148 valence electrons. The molecule has 7 nitrogen and oxygen atoms in total. The molecule has 2 aliphatic rings. The van der Waals surface area contributed by atoms with E-state index in [4.69, 9.17) is 23.2 Å². The van der Waals surface area contributed by atoms with Gasteiger partial charge in [0.25, 0.3) is 0 Å². The number of halogens is 3. The minimum absolute atomic E-state index is 0.0267. The highest BCUT2D eigenvalue weighted by Gasteiger charge is 2.32. The maximum absolute atomic E-state index is 14.9. The van der Waals surface area contributed by atoms with Gasteiger partial charge in [0.15, 0.2) is 0 Å². The highest BCUT2D eigenvalue weighted by atomic mass is 35.5. The molecule has 2 N–H and O–H groups in total. The monoisotopic (exact) mass is 427 g/mol. The third-order valence-electron chi connectivity index (χ3n) is 5.18. The van der Waals surface area contributed by atoms with Gasteiger partial charge in [-0.15, -0.1) is 0 Å². The molecule has 1 aliphatic heterocycles. The number of nitrogens with one attached hydrogen (secondary N) is 1. The van der Waals surface area contributed by atoms with Gasteiger partial charge < -0.3 is 19.9 Å². The number of aromatic nitrogens is 1. The Hall–Kier alpha value is -2.32. The van der Waals surface area contributed by atoms with E-state index in [9.17, 15) is 23.9 Å². The summed E-state index contributed by atoms with van der Waals surface area (Å²) in [4.78, 5) is 36.8. The van der Waals surface area contributed by atoms with E-state index in [0.29, 0.717) is 25.0 Å². The molecule has 4 rings (SSSR count). The number of anilines is 1. The quantitative estimate of drug-likeness (QED) is 0.576. The lowest BCUT2D eigenvalue weighted by molar-refractivity contribution is 0.0694. The topological polar surface area (TPSA) is 91.6 Å². The molecular weight excluding hydrogens is 412 g/mol. The molecule has 0 radical (unpaired) electrons. The number of amides is 1. The minimum atomic E-state index is -1.36. The third kappa shape index (κ3) is 3.20. The summed E-state index contributed by atoms with van der Waals surface area (Å²) in [5, 5.41) is 11.2. The Morgan fingerprint density at radius 2 is 2.00 bits per heavy atom. The molecule has 0 bridgehead atoms. The van der Waals surface area contributed by atoms with Gasteiger partial charge in [0.2, 0.25) is 5.43 Å². The van der Waals surface area contributed by atoms with Gasteiger partial charge in [-0.1, -0.05) is 11.6 Å². The molecule has 1 saturated carbocycles. The van der Waals surface area contributed by atoms with E-state index in [1.807, 2.05) is 0 Å². The standard InChI is InChI=1S/C18H16Cl2FN3O4/c19-13-14-10(16(25)11(17(26)27)7-24(14)9-1-2-9)5-12(21)15(13)23-4-3-8(6-23)22-18(20)28/h5,7-9H,1-4,6H2,(H,22,28)(H,26,27). The van der Waals surface area contributed by atoms with Crippen LogP contribution in [-0.4, -0.2) is 40.1 Å². The first kappa shape index (κ1) is 19.0. The van der Waals surface area contributed by atoms with Crippen molar-refractivity contribution in [3.05, 3.63) is 38.9 Å². The molecule has 1 aromatic heterocycles. The van der Waals surface area contributed by atoms with Crippen molar-refractivity contribution < 1.29 is 19.1 Å². The number of hydrogen-bond donors (Lipinski definition) is 2. The summed E-state index contributed by atoms with van der Waals surface area (Å²) < 4.78 is 16.6. The summed E-state index contributed by atoms with van der Waals surface area (Å²) in [5.41, 5.74) is -0.702. The van der Waals surface area contributed by atoms with Gasteiger partial charge in [0.05, 0.1) is 21.6 Å². The van der Waals surface area contributed by atoms with Crippen LogP contribution in [0.1, 0.15) is 35.7 Å². The Morgan fingerprint density at radius 1 is 1.29 bits per heavy atom. The second-order valence-electron chi connectivity index (χ2n) is 7.08. The molecule has 1 unspecified atom stereocenters. The van der Waals surface area contributed by atoms with Gasteiger partial charge in [-0.2, -0.15) is 0 Å². The van der Waals surface area contributed by atoms with E-state index in [0.717, 1.165) is 18.9 Å². The Kier molecular flexibility index (Phi) is 4.71. The first-order valence-electron chi connectivity index (χ1n) is 8.79. The third-order valence-corrected chi connectivity index (χ3v) is 5.64. The van der Waals surface area contributed by atoms with E-state index in [1.165, 1.54) is 6.20 Å². The molecule has 1 atom stereocenters. The van der Waals surface area contributed by atoms with Crippen LogP contribution in [0.2, 0.25) is 5.02 Å². The van der Waals surface area contributed by atoms with E-state index in [1.54, 1.807) is 9.47 Å². The SMILES string of the molecule is O=C(Cl)NC1CCN(c2c(F)cc3c(=O)c(C(=O)O)cn(C4CC4)c3c2Cl)C1. The van der Waals surface area contributed by atoms with Crippen molar-refractivity contribution in [2.24, 2.45) is 0 Å². The molecule has 1 amide bonds.